The summed E-state index contributed by atoms with van der Waals surface area (Å²) < 4.78 is 0. The summed E-state index contributed by atoms with van der Waals surface area (Å²) in [6.07, 6.45) is 0. The summed E-state index contributed by atoms with van der Waals surface area (Å²) in [5, 5.41) is 0. The number of hydrogen-bond donors (Lipinski definition) is 0. The van der Waals surface area contributed by atoms with E-state index in [2.05, 4.69) is 0 Å². The van der Waals surface area contributed by atoms with Crippen LogP contribution in [-0.2, 0) is 19.8 Å². The molecule has 1 saturated heterocycles. The van der Waals surface area contributed by atoms with Crippen molar-refractivity contribution in [1.29, 1.82) is 0 Å². The van der Waals surface area contributed by atoms with E-state index < -0.39 is 17.3 Å². The van der Waals surface area contributed by atoms with E-state index >= 15 is 0 Å². The summed E-state index contributed by atoms with van der Waals surface area (Å²) in [5.74, 6) is -2.62. The van der Waals surface area contributed by atoms with Crippen molar-refractivity contribution < 1.29 is 19.2 Å². The van der Waals surface area contributed by atoms with Gasteiger partial charge in [-0.2, -0.15) is 0 Å². The largest absolute Gasteiger partial charge is 0.299 e. The molecule has 0 spiro atoms. The highest BCUT2D eigenvalue weighted by atomic mass is 16.2. The quantitative estimate of drug-likeness (QED) is 0.460. The number of carbonyl (C=O) groups excluding carboxylic acids is 4. The Labute approximate surface area is 191 Å². The highest BCUT2D eigenvalue weighted by Gasteiger charge is 2.69. The number of hydrogen-bond acceptors (Lipinski definition) is 4. The third-order valence-corrected chi connectivity index (χ3v) is 7.71. The maximum absolute atomic E-state index is 14.0. The topological polar surface area (TPSA) is 71.5 Å². The maximum atomic E-state index is 14.0. The summed E-state index contributed by atoms with van der Waals surface area (Å²) in [4.78, 5) is 54.3. The van der Waals surface area contributed by atoms with E-state index in [9.17, 15) is 19.2 Å². The number of rotatable bonds is 3. The molecule has 1 heterocycles. The van der Waals surface area contributed by atoms with Crippen LogP contribution in [0, 0.1) is 11.8 Å². The highest BCUT2D eigenvalue weighted by Crippen LogP contribution is 2.64. The predicted molar refractivity (Wildman–Crippen MR) is 122 cm³/mol. The first-order valence-electron chi connectivity index (χ1n) is 11.1. The SMILES string of the molecule is CC(=O)c1ccc(N2C(=O)[C@@H]3C4c5ccccc5C(C(C)=O)(c5ccccc54)[C@@H]3C2=O)cc1. The molecule has 5 heteroatoms. The second-order valence-electron chi connectivity index (χ2n) is 9.13. The summed E-state index contributed by atoms with van der Waals surface area (Å²) in [6.45, 7) is 3.00. The Bertz CT molecular complexity index is 1340. The van der Waals surface area contributed by atoms with Crippen LogP contribution in [-0.4, -0.2) is 23.4 Å². The van der Waals surface area contributed by atoms with Gasteiger partial charge >= 0.3 is 0 Å². The van der Waals surface area contributed by atoms with Crippen LogP contribution in [0.5, 0.6) is 0 Å². The second kappa shape index (κ2) is 6.58. The van der Waals surface area contributed by atoms with Crippen molar-refractivity contribution in [3.63, 3.8) is 0 Å². The van der Waals surface area contributed by atoms with Crippen molar-refractivity contribution in [2.24, 2.45) is 11.8 Å². The highest BCUT2D eigenvalue weighted by molar-refractivity contribution is 6.25. The van der Waals surface area contributed by atoms with E-state index in [1.165, 1.54) is 18.7 Å². The van der Waals surface area contributed by atoms with Gasteiger partial charge in [0.25, 0.3) is 0 Å². The van der Waals surface area contributed by atoms with Crippen molar-refractivity contribution in [2.45, 2.75) is 25.2 Å². The van der Waals surface area contributed by atoms with Gasteiger partial charge in [-0.3, -0.25) is 19.2 Å². The zero-order valence-corrected chi connectivity index (χ0v) is 18.2. The fraction of sp³-hybridized carbons (Fsp3) is 0.214. The number of benzene rings is 3. The molecule has 1 aliphatic heterocycles. The molecule has 1 fully saturated rings. The molecular weight excluding hydrogens is 414 g/mol. The predicted octanol–water partition coefficient (Wildman–Crippen LogP) is 4.03. The molecule has 162 valence electrons. The van der Waals surface area contributed by atoms with Crippen LogP contribution in [0.25, 0.3) is 0 Å². The van der Waals surface area contributed by atoms with Crippen LogP contribution < -0.4 is 4.90 Å². The Morgan fingerprint density at radius 3 is 1.82 bits per heavy atom. The fourth-order valence-electron chi connectivity index (χ4n) is 6.47. The minimum absolute atomic E-state index is 0.0891. The Morgan fingerprint density at radius 2 is 1.30 bits per heavy atom. The average molecular weight is 435 g/mol. The minimum Gasteiger partial charge on any atom is -0.299 e. The lowest BCUT2D eigenvalue weighted by Gasteiger charge is -2.52. The van der Waals surface area contributed by atoms with E-state index in [1.807, 2.05) is 48.5 Å². The first-order chi connectivity index (χ1) is 15.9. The Kier molecular flexibility index (Phi) is 3.95. The summed E-state index contributed by atoms with van der Waals surface area (Å²) in [5.41, 5.74) is 3.29. The molecule has 0 N–H and O–H groups in total. The smallest absolute Gasteiger partial charge is 0.239 e. The molecule has 0 saturated carbocycles. The zero-order valence-electron chi connectivity index (χ0n) is 18.2. The van der Waals surface area contributed by atoms with Crippen LogP contribution in [0.15, 0.2) is 72.8 Å². The molecule has 0 unspecified atom stereocenters. The normalized spacial score (nSPS) is 26.6. The van der Waals surface area contributed by atoms with Gasteiger partial charge in [0.1, 0.15) is 5.78 Å². The van der Waals surface area contributed by atoms with E-state index in [0.29, 0.717) is 11.3 Å². The maximum Gasteiger partial charge on any atom is 0.239 e. The summed E-state index contributed by atoms with van der Waals surface area (Å²) in [6, 6.07) is 21.9. The number of amides is 2. The number of nitrogens with zero attached hydrogens (tertiary/aromatic N) is 1. The molecule has 3 aromatic rings. The molecule has 2 atom stereocenters. The average Bonchev–Trinajstić information content (AvgIpc) is 3.09. The van der Waals surface area contributed by atoms with Crippen LogP contribution in [0.4, 0.5) is 5.69 Å². The van der Waals surface area contributed by atoms with Gasteiger partial charge in [0.2, 0.25) is 11.8 Å². The molecule has 33 heavy (non-hydrogen) atoms. The first kappa shape index (κ1) is 19.8. The minimum atomic E-state index is -1.20. The Hall–Kier alpha value is -3.86. The lowest BCUT2D eigenvalue weighted by Crippen LogP contribution is -2.57. The molecule has 7 rings (SSSR count). The van der Waals surface area contributed by atoms with E-state index in [0.717, 1.165) is 22.3 Å². The zero-order chi connectivity index (χ0) is 23.1. The monoisotopic (exact) mass is 435 g/mol. The van der Waals surface area contributed by atoms with Gasteiger partial charge in [0, 0.05) is 11.5 Å². The first-order valence-corrected chi connectivity index (χ1v) is 11.1. The van der Waals surface area contributed by atoms with Crippen LogP contribution >= 0.6 is 0 Å². The second-order valence-corrected chi connectivity index (χ2v) is 9.13. The van der Waals surface area contributed by atoms with Crippen LogP contribution in [0.3, 0.4) is 0 Å². The molecule has 3 aliphatic carbocycles. The fourth-order valence-corrected chi connectivity index (χ4v) is 6.47. The third kappa shape index (κ3) is 2.26. The van der Waals surface area contributed by atoms with Gasteiger partial charge in [-0.15, -0.1) is 0 Å². The lowest BCUT2D eigenvalue weighted by molar-refractivity contribution is -0.132. The summed E-state index contributed by atoms with van der Waals surface area (Å²) >= 11 is 0. The van der Waals surface area contributed by atoms with Crippen LogP contribution in [0.2, 0.25) is 0 Å². The molecule has 2 amide bonds. The van der Waals surface area contributed by atoms with Gasteiger partial charge in [0.15, 0.2) is 5.78 Å². The van der Waals surface area contributed by atoms with Crippen LogP contribution in [0.1, 0.15) is 52.4 Å². The number of ketones is 2. The molecule has 3 aromatic carbocycles. The van der Waals surface area contributed by atoms with Crippen molar-refractivity contribution in [3.8, 4) is 0 Å². The van der Waals surface area contributed by atoms with E-state index in [4.69, 9.17) is 0 Å². The number of Topliss-reactive ketones (excluding diaryl/α,β-unsaturated/α-hetero) is 2. The van der Waals surface area contributed by atoms with Crippen molar-refractivity contribution in [2.75, 3.05) is 4.90 Å². The molecule has 5 nitrogen and oxygen atoms in total. The van der Waals surface area contributed by atoms with Gasteiger partial charge in [0.05, 0.1) is 22.9 Å². The molecule has 0 aromatic heterocycles. The standard InChI is InChI=1S/C28H21NO4/c1-15(30)17-11-13-18(14-12-17)29-26(32)24-23-19-7-3-5-9-21(19)28(16(2)31,25(24)27(29)33)22-10-6-4-8-20(22)23/h3-14,23-25H,1-2H3/t23?,24-,25+,28?/m1/s1. The molecule has 2 bridgehead atoms. The Balaban J connectivity index is 1.61. The van der Waals surface area contributed by atoms with Gasteiger partial charge in [-0.1, -0.05) is 48.5 Å². The number of carbonyl (C=O) groups is 4. The van der Waals surface area contributed by atoms with Gasteiger partial charge < -0.3 is 0 Å². The van der Waals surface area contributed by atoms with E-state index in [1.54, 1.807) is 24.3 Å². The lowest BCUT2D eigenvalue weighted by atomic mass is 9.46. The number of imide groups is 1. The van der Waals surface area contributed by atoms with Crippen molar-refractivity contribution in [3.05, 3.63) is 101 Å². The molecule has 0 radical (unpaired) electrons. The van der Waals surface area contributed by atoms with Gasteiger partial charge in [-0.05, 0) is 60.4 Å². The number of anilines is 1. The Morgan fingerprint density at radius 1 is 0.758 bits per heavy atom. The van der Waals surface area contributed by atoms with Gasteiger partial charge in [-0.25, -0.2) is 4.90 Å². The summed E-state index contributed by atoms with van der Waals surface area (Å²) in [7, 11) is 0. The van der Waals surface area contributed by atoms with E-state index in [-0.39, 0.29) is 29.3 Å². The molecular formula is C28H21NO4. The third-order valence-electron chi connectivity index (χ3n) is 7.71. The van der Waals surface area contributed by atoms with Crippen molar-refractivity contribution >= 4 is 29.1 Å². The van der Waals surface area contributed by atoms with Crippen molar-refractivity contribution in [1.82, 2.24) is 0 Å². The molecule has 4 aliphatic rings.